The minimum absolute atomic E-state index is 0.0975. The lowest BCUT2D eigenvalue weighted by molar-refractivity contribution is 0.0697. The van der Waals surface area contributed by atoms with E-state index in [1.165, 1.54) is 22.6 Å². The second kappa shape index (κ2) is 5.92. The molecule has 7 heteroatoms. The Morgan fingerprint density at radius 3 is 2.58 bits per heavy atom. The fraction of sp³-hybridized carbons (Fsp3) is 0.294. The van der Waals surface area contributed by atoms with Crippen molar-refractivity contribution in [1.29, 1.82) is 0 Å². The number of benzene rings is 1. The van der Waals surface area contributed by atoms with E-state index in [1.54, 1.807) is 0 Å². The summed E-state index contributed by atoms with van der Waals surface area (Å²) in [7, 11) is 3.83. The number of nitrogens with zero attached hydrogens (tertiary/aromatic N) is 5. The van der Waals surface area contributed by atoms with Crippen LogP contribution in [0.5, 0.6) is 0 Å². The van der Waals surface area contributed by atoms with E-state index in [0.29, 0.717) is 11.9 Å². The second-order valence-electron chi connectivity index (χ2n) is 6.15. The molecular formula is C17H19N5O2. The lowest BCUT2D eigenvalue weighted by Crippen LogP contribution is -2.14. The largest absolute Gasteiger partial charge is 0.478 e. The second-order valence-corrected chi connectivity index (χ2v) is 6.15. The number of fused-ring (bicyclic) bond motifs is 1. The first-order valence-electron chi connectivity index (χ1n) is 7.64. The standard InChI is InChI=1S/C17H19N5O2/c1-10(2)11-5-6-14-13(7-11)15(21(3)4)20-17(19-14)22-9-12(8-18-22)16(23)24/h5-10H,1-4H3,(H,23,24). The number of aromatic carboxylic acids is 1. The Balaban J connectivity index is 2.20. The average molecular weight is 325 g/mol. The molecule has 1 N–H and O–H groups in total. The highest BCUT2D eigenvalue weighted by molar-refractivity contribution is 5.90. The van der Waals surface area contributed by atoms with Gasteiger partial charge in [-0.25, -0.2) is 14.5 Å². The molecule has 2 aromatic heterocycles. The monoisotopic (exact) mass is 325 g/mol. The molecule has 0 fully saturated rings. The summed E-state index contributed by atoms with van der Waals surface area (Å²) < 4.78 is 1.38. The zero-order valence-electron chi connectivity index (χ0n) is 14.1. The number of hydrogen-bond donors (Lipinski definition) is 1. The maximum Gasteiger partial charge on any atom is 0.338 e. The number of aromatic nitrogens is 4. The molecule has 0 saturated heterocycles. The van der Waals surface area contributed by atoms with Crippen LogP contribution in [-0.2, 0) is 0 Å². The summed E-state index contributed by atoms with van der Waals surface area (Å²) >= 11 is 0. The molecule has 24 heavy (non-hydrogen) atoms. The van der Waals surface area contributed by atoms with Crippen molar-refractivity contribution in [2.24, 2.45) is 0 Å². The first-order valence-corrected chi connectivity index (χ1v) is 7.64. The summed E-state index contributed by atoms with van der Waals surface area (Å²) in [6.07, 6.45) is 2.69. The molecule has 0 bridgehead atoms. The highest BCUT2D eigenvalue weighted by Crippen LogP contribution is 2.27. The predicted octanol–water partition coefficient (Wildman–Crippen LogP) is 2.70. The van der Waals surface area contributed by atoms with E-state index in [1.807, 2.05) is 25.1 Å². The van der Waals surface area contributed by atoms with Gasteiger partial charge in [0, 0.05) is 25.7 Å². The summed E-state index contributed by atoms with van der Waals surface area (Å²) in [4.78, 5) is 22.0. The van der Waals surface area contributed by atoms with Crippen LogP contribution in [0.4, 0.5) is 5.82 Å². The van der Waals surface area contributed by atoms with Crippen molar-refractivity contribution in [3.63, 3.8) is 0 Å². The minimum atomic E-state index is -1.03. The first kappa shape index (κ1) is 15.9. The molecule has 3 rings (SSSR count). The first-order chi connectivity index (χ1) is 11.4. The lowest BCUT2D eigenvalue weighted by Gasteiger charge is -2.16. The predicted molar refractivity (Wildman–Crippen MR) is 92.0 cm³/mol. The number of hydrogen-bond acceptors (Lipinski definition) is 5. The third kappa shape index (κ3) is 2.80. The topological polar surface area (TPSA) is 84.1 Å². The lowest BCUT2D eigenvalue weighted by atomic mass is 10.0. The molecule has 0 radical (unpaired) electrons. The van der Waals surface area contributed by atoms with Crippen molar-refractivity contribution in [1.82, 2.24) is 19.7 Å². The molecule has 3 aromatic rings. The fourth-order valence-electron chi connectivity index (χ4n) is 2.46. The Labute approximate surface area is 139 Å². The zero-order chi connectivity index (χ0) is 17.4. The SMILES string of the molecule is CC(C)c1ccc2nc(-n3cc(C(=O)O)cn3)nc(N(C)C)c2c1. The molecule has 124 valence electrons. The van der Waals surface area contributed by atoms with E-state index in [0.717, 1.165) is 16.7 Å². The third-order valence-corrected chi connectivity index (χ3v) is 3.81. The van der Waals surface area contributed by atoms with Gasteiger partial charge in [0.2, 0.25) is 0 Å². The van der Waals surface area contributed by atoms with Crippen LogP contribution in [0.1, 0.15) is 35.7 Å². The van der Waals surface area contributed by atoms with E-state index in [-0.39, 0.29) is 5.56 Å². The molecule has 1 aromatic carbocycles. The van der Waals surface area contributed by atoms with E-state index in [4.69, 9.17) is 5.11 Å². The van der Waals surface area contributed by atoms with Gasteiger partial charge in [-0.15, -0.1) is 0 Å². The van der Waals surface area contributed by atoms with Crippen molar-refractivity contribution in [2.75, 3.05) is 19.0 Å². The molecule has 0 saturated carbocycles. The summed E-state index contributed by atoms with van der Waals surface area (Å²) in [5, 5.41) is 14.1. The Bertz CT molecular complexity index is 914. The highest BCUT2D eigenvalue weighted by Gasteiger charge is 2.14. The number of rotatable bonds is 4. The molecule has 0 aliphatic rings. The van der Waals surface area contributed by atoms with Crippen LogP contribution in [-0.4, -0.2) is 44.9 Å². The zero-order valence-corrected chi connectivity index (χ0v) is 14.1. The van der Waals surface area contributed by atoms with Crippen LogP contribution in [0.15, 0.2) is 30.6 Å². The highest BCUT2D eigenvalue weighted by atomic mass is 16.4. The smallest absolute Gasteiger partial charge is 0.338 e. The van der Waals surface area contributed by atoms with E-state index in [2.05, 4.69) is 41.0 Å². The molecule has 0 atom stereocenters. The van der Waals surface area contributed by atoms with Crippen LogP contribution >= 0.6 is 0 Å². The van der Waals surface area contributed by atoms with Gasteiger partial charge in [-0.1, -0.05) is 19.9 Å². The van der Waals surface area contributed by atoms with Gasteiger partial charge in [-0.3, -0.25) is 0 Å². The Morgan fingerprint density at radius 2 is 2.00 bits per heavy atom. The van der Waals surface area contributed by atoms with Gasteiger partial charge in [0.15, 0.2) is 0 Å². The normalized spacial score (nSPS) is 11.2. The number of carboxylic acid groups (broad SMARTS) is 1. The Kier molecular flexibility index (Phi) is 3.92. The van der Waals surface area contributed by atoms with Gasteiger partial charge in [0.05, 0.1) is 17.3 Å². The van der Waals surface area contributed by atoms with Gasteiger partial charge in [-0.05, 0) is 23.6 Å². The molecule has 0 aliphatic heterocycles. The van der Waals surface area contributed by atoms with E-state index < -0.39 is 5.97 Å². The molecule has 2 heterocycles. The van der Waals surface area contributed by atoms with E-state index in [9.17, 15) is 4.79 Å². The van der Waals surface area contributed by atoms with Crippen LogP contribution < -0.4 is 4.90 Å². The van der Waals surface area contributed by atoms with Gasteiger partial charge in [-0.2, -0.15) is 10.1 Å². The van der Waals surface area contributed by atoms with Crippen LogP contribution in [0, 0.1) is 0 Å². The summed E-state index contributed by atoms with van der Waals surface area (Å²) in [5.41, 5.74) is 2.11. The summed E-state index contributed by atoms with van der Waals surface area (Å²) in [6, 6.07) is 6.12. The van der Waals surface area contributed by atoms with Crippen LogP contribution in [0.25, 0.3) is 16.9 Å². The summed E-state index contributed by atoms with van der Waals surface area (Å²) in [5.74, 6) is 0.491. The fourth-order valence-corrected chi connectivity index (χ4v) is 2.46. The van der Waals surface area contributed by atoms with Gasteiger partial charge in [0.1, 0.15) is 5.82 Å². The van der Waals surface area contributed by atoms with Gasteiger partial charge < -0.3 is 10.0 Å². The minimum Gasteiger partial charge on any atom is -0.478 e. The molecule has 0 aliphatic carbocycles. The van der Waals surface area contributed by atoms with Crippen molar-refractivity contribution in [3.05, 3.63) is 41.7 Å². The van der Waals surface area contributed by atoms with E-state index >= 15 is 0 Å². The third-order valence-electron chi connectivity index (χ3n) is 3.81. The molecule has 7 nitrogen and oxygen atoms in total. The number of carboxylic acids is 1. The molecule has 0 amide bonds. The van der Waals surface area contributed by atoms with Gasteiger partial charge >= 0.3 is 5.97 Å². The van der Waals surface area contributed by atoms with Crippen LogP contribution in [0.2, 0.25) is 0 Å². The van der Waals surface area contributed by atoms with Crippen molar-refractivity contribution in [2.45, 2.75) is 19.8 Å². The van der Waals surface area contributed by atoms with Crippen LogP contribution in [0.3, 0.4) is 0 Å². The maximum atomic E-state index is 11.0. The average Bonchev–Trinajstić information content (AvgIpc) is 3.03. The van der Waals surface area contributed by atoms with Crippen molar-refractivity contribution >= 4 is 22.7 Å². The number of carbonyl (C=O) groups is 1. The maximum absolute atomic E-state index is 11.0. The quantitative estimate of drug-likeness (QED) is 0.794. The number of anilines is 1. The van der Waals surface area contributed by atoms with Gasteiger partial charge in [0.25, 0.3) is 5.95 Å². The van der Waals surface area contributed by atoms with Crippen molar-refractivity contribution in [3.8, 4) is 5.95 Å². The molecular weight excluding hydrogens is 306 g/mol. The Morgan fingerprint density at radius 1 is 1.25 bits per heavy atom. The molecule has 0 unspecified atom stereocenters. The van der Waals surface area contributed by atoms with Crippen molar-refractivity contribution < 1.29 is 9.90 Å². The summed E-state index contributed by atoms with van der Waals surface area (Å²) in [6.45, 7) is 4.28. The molecule has 0 spiro atoms. The Hall–Kier alpha value is -2.96.